The van der Waals surface area contributed by atoms with Gasteiger partial charge in [0.05, 0.1) is 16.1 Å². The molecule has 0 aromatic carbocycles. The molecule has 0 unspecified atom stereocenters. The van der Waals surface area contributed by atoms with Crippen molar-refractivity contribution in [2.24, 2.45) is 0 Å². The number of rotatable bonds is 11. The van der Waals surface area contributed by atoms with E-state index in [9.17, 15) is 4.79 Å². The molecule has 0 amide bonds. The van der Waals surface area contributed by atoms with Gasteiger partial charge in [0.2, 0.25) is 0 Å². The van der Waals surface area contributed by atoms with Gasteiger partial charge in [-0.15, -0.1) is 0 Å². The maximum absolute atomic E-state index is 10.5. The number of hydrogen-bond donors (Lipinski definition) is 0. The van der Waals surface area contributed by atoms with Crippen LogP contribution in [0.3, 0.4) is 0 Å². The Morgan fingerprint density at radius 1 is 1.24 bits per heavy atom. The van der Waals surface area contributed by atoms with Gasteiger partial charge in [-0.3, -0.25) is 4.79 Å². The first-order chi connectivity index (χ1) is 8.20. The SMILES string of the molecule is COC(OC)[SiH2]CCCSCCCOC(C)=O. The normalized spacial score (nSPS) is 11.5. The van der Waals surface area contributed by atoms with Gasteiger partial charge in [0.1, 0.15) is 5.91 Å². The fraction of sp³-hybridized carbons (Fsp3) is 0.909. The molecule has 6 heteroatoms. The molecule has 0 radical (unpaired) electrons. The Labute approximate surface area is 111 Å². The second-order valence-electron chi connectivity index (χ2n) is 3.70. The van der Waals surface area contributed by atoms with Gasteiger partial charge in [-0.1, -0.05) is 6.04 Å². The Hall–Kier alpha value is -0.0431. The summed E-state index contributed by atoms with van der Waals surface area (Å²) < 4.78 is 15.2. The summed E-state index contributed by atoms with van der Waals surface area (Å²) in [5, 5.41) is 0. The van der Waals surface area contributed by atoms with Crippen LogP contribution in [0.5, 0.6) is 0 Å². The number of hydrogen-bond acceptors (Lipinski definition) is 5. The predicted molar refractivity (Wildman–Crippen MR) is 74.3 cm³/mol. The van der Waals surface area contributed by atoms with Crippen LogP contribution >= 0.6 is 11.8 Å². The van der Waals surface area contributed by atoms with Crippen LogP contribution in [0.15, 0.2) is 0 Å². The van der Waals surface area contributed by atoms with E-state index in [2.05, 4.69) is 0 Å². The van der Waals surface area contributed by atoms with Crippen LogP contribution in [0.2, 0.25) is 6.04 Å². The lowest BCUT2D eigenvalue weighted by molar-refractivity contribution is -0.140. The Morgan fingerprint density at radius 3 is 2.47 bits per heavy atom. The molecule has 102 valence electrons. The Morgan fingerprint density at radius 2 is 1.88 bits per heavy atom. The molecule has 4 nitrogen and oxygen atoms in total. The van der Waals surface area contributed by atoms with Crippen LogP contribution < -0.4 is 0 Å². The molecule has 0 saturated carbocycles. The molecule has 0 rings (SSSR count). The highest BCUT2D eigenvalue weighted by Crippen LogP contribution is 2.07. The van der Waals surface area contributed by atoms with Crippen molar-refractivity contribution in [3.63, 3.8) is 0 Å². The molecule has 0 N–H and O–H groups in total. The van der Waals surface area contributed by atoms with E-state index in [0.717, 1.165) is 12.2 Å². The Balaban J connectivity index is 3.10. The molecule has 0 atom stereocenters. The average Bonchev–Trinajstić information content (AvgIpc) is 2.31. The summed E-state index contributed by atoms with van der Waals surface area (Å²) in [5.74, 6) is 2.12. The van der Waals surface area contributed by atoms with E-state index in [1.165, 1.54) is 25.1 Å². The van der Waals surface area contributed by atoms with Crippen LogP contribution in [-0.2, 0) is 19.0 Å². The largest absolute Gasteiger partial charge is 0.466 e. The van der Waals surface area contributed by atoms with Gasteiger partial charge < -0.3 is 14.2 Å². The minimum atomic E-state index is -0.257. The first-order valence-corrected chi connectivity index (χ1v) is 8.94. The molecule has 0 bridgehead atoms. The maximum Gasteiger partial charge on any atom is 0.302 e. The third kappa shape index (κ3) is 12.2. The van der Waals surface area contributed by atoms with Crippen LogP contribution in [0, 0.1) is 0 Å². The van der Waals surface area contributed by atoms with E-state index in [-0.39, 0.29) is 21.4 Å². The van der Waals surface area contributed by atoms with E-state index in [1.807, 2.05) is 11.8 Å². The van der Waals surface area contributed by atoms with Crippen LogP contribution in [0.25, 0.3) is 0 Å². The van der Waals surface area contributed by atoms with Crippen molar-refractivity contribution >= 4 is 27.3 Å². The van der Waals surface area contributed by atoms with Crippen molar-refractivity contribution in [2.75, 3.05) is 32.3 Å². The summed E-state index contributed by atoms with van der Waals surface area (Å²) in [6, 6.07) is 1.25. The molecule has 0 aliphatic rings. The number of carbonyl (C=O) groups is 1. The molecular weight excluding hydrogens is 256 g/mol. The van der Waals surface area contributed by atoms with Crippen LogP contribution in [-0.4, -0.2) is 53.7 Å². The van der Waals surface area contributed by atoms with E-state index in [4.69, 9.17) is 14.2 Å². The summed E-state index contributed by atoms with van der Waals surface area (Å²) in [7, 11) is 3.14. The minimum absolute atomic E-state index is 0.0731. The second-order valence-corrected chi connectivity index (χ2v) is 6.88. The molecule has 0 saturated heterocycles. The number of methoxy groups -OCH3 is 2. The molecule has 0 aromatic heterocycles. The zero-order valence-electron chi connectivity index (χ0n) is 11.1. The van der Waals surface area contributed by atoms with Crippen molar-refractivity contribution in [3.05, 3.63) is 0 Å². The lowest BCUT2D eigenvalue weighted by atomic mass is 10.5. The highest BCUT2D eigenvalue weighted by atomic mass is 32.2. The minimum Gasteiger partial charge on any atom is -0.466 e. The van der Waals surface area contributed by atoms with E-state index in [0.29, 0.717) is 6.61 Å². The molecule has 0 spiro atoms. The molecule has 0 heterocycles. The molecule has 0 aliphatic carbocycles. The molecule has 0 fully saturated rings. The van der Waals surface area contributed by atoms with Crippen molar-refractivity contribution < 1.29 is 19.0 Å². The quantitative estimate of drug-likeness (QED) is 0.246. The average molecular weight is 280 g/mol. The Bertz CT molecular complexity index is 188. The van der Waals surface area contributed by atoms with Crippen molar-refractivity contribution in [1.82, 2.24) is 0 Å². The number of esters is 1. The Kier molecular flexibility index (Phi) is 12.4. The summed E-state index contributed by atoms with van der Waals surface area (Å²) >= 11 is 1.92. The number of carbonyl (C=O) groups excluding carboxylic acids is 1. The van der Waals surface area contributed by atoms with Gasteiger partial charge in [0.25, 0.3) is 0 Å². The van der Waals surface area contributed by atoms with Crippen LogP contribution in [0.1, 0.15) is 19.8 Å². The number of thioether (sulfide) groups is 1. The third-order valence-corrected chi connectivity index (χ3v) is 5.44. The van der Waals surface area contributed by atoms with Gasteiger partial charge in [0, 0.05) is 21.1 Å². The van der Waals surface area contributed by atoms with Crippen molar-refractivity contribution in [1.29, 1.82) is 0 Å². The predicted octanol–water partition coefficient (Wildman–Crippen LogP) is 1.23. The van der Waals surface area contributed by atoms with Gasteiger partial charge in [-0.2, -0.15) is 11.8 Å². The van der Waals surface area contributed by atoms with Crippen molar-refractivity contribution in [2.45, 2.75) is 31.7 Å². The summed E-state index contributed by atoms with van der Waals surface area (Å²) in [6.07, 6.45) is 2.17. The fourth-order valence-electron chi connectivity index (χ4n) is 1.33. The van der Waals surface area contributed by atoms with Gasteiger partial charge in [-0.05, 0) is 24.3 Å². The monoisotopic (exact) mass is 280 g/mol. The lowest BCUT2D eigenvalue weighted by Gasteiger charge is -2.11. The van der Waals surface area contributed by atoms with Gasteiger partial charge in [-0.25, -0.2) is 0 Å². The summed E-state index contributed by atoms with van der Waals surface area (Å²) in [4.78, 5) is 10.5. The highest BCUT2D eigenvalue weighted by molar-refractivity contribution is 7.99. The summed E-state index contributed by atoms with van der Waals surface area (Å²) in [6.45, 7) is 1.99. The topological polar surface area (TPSA) is 44.8 Å². The van der Waals surface area contributed by atoms with E-state index in [1.54, 1.807) is 14.2 Å². The molecule has 17 heavy (non-hydrogen) atoms. The maximum atomic E-state index is 10.5. The lowest BCUT2D eigenvalue weighted by Crippen LogP contribution is -2.21. The second kappa shape index (κ2) is 12.4. The van der Waals surface area contributed by atoms with Gasteiger partial charge >= 0.3 is 5.97 Å². The smallest absolute Gasteiger partial charge is 0.302 e. The van der Waals surface area contributed by atoms with E-state index >= 15 is 0 Å². The first kappa shape index (κ1) is 17.0. The number of ether oxygens (including phenoxy) is 3. The highest BCUT2D eigenvalue weighted by Gasteiger charge is 2.04. The van der Waals surface area contributed by atoms with Crippen molar-refractivity contribution in [3.8, 4) is 0 Å². The first-order valence-electron chi connectivity index (χ1n) is 5.97. The van der Waals surface area contributed by atoms with E-state index < -0.39 is 0 Å². The molecular formula is C11H24O4SSi. The zero-order valence-corrected chi connectivity index (χ0v) is 13.3. The molecule has 0 aliphatic heterocycles. The third-order valence-electron chi connectivity index (χ3n) is 2.24. The van der Waals surface area contributed by atoms with Gasteiger partial charge in [0.15, 0.2) is 0 Å². The standard InChI is InChI=1S/C11H24O4SSi/c1-10(12)15-6-4-7-16-8-5-9-17-11(13-2)14-3/h11H,4-9,17H2,1-3H3. The molecule has 0 aromatic rings. The fourth-order valence-corrected chi connectivity index (χ4v) is 3.97. The summed E-state index contributed by atoms with van der Waals surface area (Å²) in [5.41, 5.74) is 0. The van der Waals surface area contributed by atoms with Crippen LogP contribution in [0.4, 0.5) is 0 Å². The zero-order chi connectivity index (χ0) is 12.9.